The highest BCUT2D eigenvalue weighted by atomic mass is 35.5. The predicted molar refractivity (Wildman–Crippen MR) is 69.9 cm³/mol. The number of hydrogen-bond acceptors (Lipinski definition) is 4. The van der Waals surface area contributed by atoms with Gasteiger partial charge in [-0.2, -0.15) is 4.98 Å². The molecule has 1 aromatic heterocycles. The second-order valence-electron chi connectivity index (χ2n) is 4.73. The lowest BCUT2D eigenvalue weighted by Gasteiger charge is -2.21. The molecule has 2 saturated heterocycles. The molecule has 0 spiro atoms. The summed E-state index contributed by atoms with van der Waals surface area (Å²) >= 11 is 6.20. The lowest BCUT2D eigenvalue weighted by molar-refractivity contribution is 0.871. The molecule has 3 rings (SSSR count). The standard InChI is InChI=1S/C12H17ClN4/c13-10-9-14-12(17-7-3-4-8-17)15-11(10)16-5-1-2-6-16/h9H,1-8H2. The van der Waals surface area contributed by atoms with Gasteiger partial charge in [-0.05, 0) is 25.7 Å². The maximum atomic E-state index is 6.20. The Morgan fingerprint density at radius 3 is 2.18 bits per heavy atom. The third-order valence-corrected chi connectivity index (χ3v) is 3.77. The minimum Gasteiger partial charge on any atom is -0.355 e. The Hall–Kier alpha value is -1.03. The molecule has 0 aromatic carbocycles. The summed E-state index contributed by atoms with van der Waals surface area (Å²) in [4.78, 5) is 13.5. The Balaban J connectivity index is 1.88. The molecule has 2 aliphatic heterocycles. The third kappa shape index (κ3) is 2.18. The fourth-order valence-electron chi connectivity index (χ4n) is 2.57. The summed E-state index contributed by atoms with van der Waals surface area (Å²) in [5, 5.41) is 0.676. The van der Waals surface area contributed by atoms with Gasteiger partial charge in [0.25, 0.3) is 0 Å². The van der Waals surface area contributed by atoms with E-state index in [1.54, 1.807) is 6.20 Å². The fraction of sp³-hybridized carbons (Fsp3) is 0.667. The lowest BCUT2D eigenvalue weighted by Crippen LogP contribution is -2.24. The zero-order valence-electron chi connectivity index (χ0n) is 9.90. The molecule has 1 aromatic rings. The predicted octanol–water partition coefficient (Wildman–Crippen LogP) is 2.33. The summed E-state index contributed by atoms with van der Waals surface area (Å²) in [5.74, 6) is 1.76. The molecule has 17 heavy (non-hydrogen) atoms. The summed E-state index contributed by atoms with van der Waals surface area (Å²) in [6.45, 7) is 4.27. The van der Waals surface area contributed by atoms with Crippen LogP contribution in [0, 0.1) is 0 Å². The van der Waals surface area contributed by atoms with Crippen LogP contribution in [0.15, 0.2) is 6.20 Å². The molecule has 0 aliphatic carbocycles. The number of halogens is 1. The minimum atomic E-state index is 0.676. The molecule has 0 N–H and O–H groups in total. The summed E-state index contributed by atoms with van der Waals surface area (Å²) in [5.41, 5.74) is 0. The topological polar surface area (TPSA) is 32.3 Å². The molecule has 2 fully saturated rings. The van der Waals surface area contributed by atoms with E-state index in [9.17, 15) is 0 Å². The van der Waals surface area contributed by atoms with Crippen LogP contribution in [-0.4, -0.2) is 36.1 Å². The molecule has 0 amide bonds. The van der Waals surface area contributed by atoms with Gasteiger partial charge < -0.3 is 9.80 Å². The largest absolute Gasteiger partial charge is 0.355 e. The lowest BCUT2D eigenvalue weighted by atomic mass is 10.4. The van der Waals surface area contributed by atoms with Gasteiger partial charge in [0.2, 0.25) is 5.95 Å². The normalized spacial score (nSPS) is 20.3. The van der Waals surface area contributed by atoms with Crippen molar-refractivity contribution in [1.29, 1.82) is 0 Å². The van der Waals surface area contributed by atoms with Crippen molar-refractivity contribution in [3.05, 3.63) is 11.2 Å². The summed E-state index contributed by atoms with van der Waals surface area (Å²) in [7, 11) is 0. The van der Waals surface area contributed by atoms with Crippen LogP contribution in [0.25, 0.3) is 0 Å². The number of aromatic nitrogens is 2. The van der Waals surface area contributed by atoms with Crippen molar-refractivity contribution < 1.29 is 0 Å². The van der Waals surface area contributed by atoms with E-state index in [2.05, 4.69) is 19.8 Å². The first-order valence-electron chi connectivity index (χ1n) is 6.37. The Labute approximate surface area is 107 Å². The van der Waals surface area contributed by atoms with Crippen molar-refractivity contribution in [2.75, 3.05) is 36.0 Å². The Bertz CT molecular complexity index is 397. The number of anilines is 2. The van der Waals surface area contributed by atoms with Gasteiger partial charge in [-0.25, -0.2) is 4.98 Å². The number of rotatable bonds is 2. The molecule has 0 saturated carbocycles. The second-order valence-corrected chi connectivity index (χ2v) is 5.14. The molecule has 5 heteroatoms. The quantitative estimate of drug-likeness (QED) is 0.809. The van der Waals surface area contributed by atoms with Gasteiger partial charge in [0, 0.05) is 26.2 Å². The van der Waals surface area contributed by atoms with E-state index in [4.69, 9.17) is 11.6 Å². The monoisotopic (exact) mass is 252 g/mol. The molecule has 92 valence electrons. The van der Waals surface area contributed by atoms with Crippen molar-refractivity contribution >= 4 is 23.4 Å². The van der Waals surface area contributed by atoms with Crippen LogP contribution >= 0.6 is 11.6 Å². The Morgan fingerprint density at radius 2 is 1.53 bits per heavy atom. The van der Waals surface area contributed by atoms with Gasteiger partial charge in [0.1, 0.15) is 5.02 Å². The van der Waals surface area contributed by atoms with E-state index in [0.717, 1.165) is 37.9 Å². The van der Waals surface area contributed by atoms with Gasteiger partial charge in [-0.3, -0.25) is 0 Å². The van der Waals surface area contributed by atoms with Crippen molar-refractivity contribution in [3.63, 3.8) is 0 Å². The first-order chi connectivity index (χ1) is 8.34. The van der Waals surface area contributed by atoms with E-state index >= 15 is 0 Å². The Morgan fingerprint density at radius 1 is 0.941 bits per heavy atom. The average Bonchev–Trinajstić information content (AvgIpc) is 3.03. The molecular formula is C12H17ClN4. The van der Waals surface area contributed by atoms with Gasteiger partial charge in [-0.15, -0.1) is 0 Å². The smallest absolute Gasteiger partial charge is 0.227 e. The highest BCUT2D eigenvalue weighted by Crippen LogP contribution is 2.28. The number of hydrogen-bond donors (Lipinski definition) is 0. The van der Waals surface area contributed by atoms with Crippen molar-refractivity contribution in [3.8, 4) is 0 Å². The van der Waals surface area contributed by atoms with Crippen LogP contribution in [0.4, 0.5) is 11.8 Å². The van der Waals surface area contributed by atoms with Gasteiger partial charge >= 0.3 is 0 Å². The fourth-order valence-corrected chi connectivity index (χ4v) is 2.78. The minimum absolute atomic E-state index is 0.676. The summed E-state index contributed by atoms with van der Waals surface area (Å²) in [6.07, 6.45) is 6.70. The SMILES string of the molecule is Clc1cnc(N2CCCC2)nc1N1CCCC1. The van der Waals surface area contributed by atoms with Crippen molar-refractivity contribution in [1.82, 2.24) is 9.97 Å². The van der Waals surface area contributed by atoms with E-state index in [1.807, 2.05) is 0 Å². The van der Waals surface area contributed by atoms with Gasteiger partial charge in [0.15, 0.2) is 5.82 Å². The van der Waals surface area contributed by atoms with Crippen LogP contribution in [-0.2, 0) is 0 Å². The maximum Gasteiger partial charge on any atom is 0.227 e. The van der Waals surface area contributed by atoms with E-state index in [0.29, 0.717) is 5.02 Å². The average molecular weight is 253 g/mol. The van der Waals surface area contributed by atoms with Crippen LogP contribution in [0.2, 0.25) is 5.02 Å². The molecular weight excluding hydrogens is 236 g/mol. The molecule has 0 bridgehead atoms. The molecule has 2 aliphatic rings. The van der Waals surface area contributed by atoms with Gasteiger partial charge in [0.05, 0.1) is 6.20 Å². The van der Waals surface area contributed by atoms with Crippen LogP contribution in [0.5, 0.6) is 0 Å². The first-order valence-corrected chi connectivity index (χ1v) is 6.75. The summed E-state index contributed by atoms with van der Waals surface area (Å²) < 4.78 is 0. The molecule has 3 heterocycles. The van der Waals surface area contributed by atoms with Crippen molar-refractivity contribution in [2.24, 2.45) is 0 Å². The first kappa shape index (κ1) is 11.1. The van der Waals surface area contributed by atoms with Crippen molar-refractivity contribution in [2.45, 2.75) is 25.7 Å². The molecule has 0 atom stereocenters. The second kappa shape index (κ2) is 4.69. The van der Waals surface area contributed by atoms with Gasteiger partial charge in [-0.1, -0.05) is 11.6 Å². The van der Waals surface area contributed by atoms with Crippen LogP contribution < -0.4 is 9.80 Å². The molecule has 0 radical (unpaired) electrons. The Kier molecular flexibility index (Phi) is 3.05. The zero-order chi connectivity index (χ0) is 11.7. The maximum absolute atomic E-state index is 6.20. The highest BCUT2D eigenvalue weighted by Gasteiger charge is 2.20. The van der Waals surface area contributed by atoms with E-state index < -0.39 is 0 Å². The highest BCUT2D eigenvalue weighted by molar-refractivity contribution is 6.32. The van der Waals surface area contributed by atoms with Crippen LogP contribution in [0.1, 0.15) is 25.7 Å². The molecule has 4 nitrogen and oxygen atoms in total. The zero-order valence-corrected chi connectivity index (χ0v) is 10.7. The summed E-state index contributed by atoms with van der Waals surface area (Å²) in [6, 6.07) is 0. The van der Waals surface area contributed by atoms with E-state index in [-0.39, 0.29) is 0 Å². The molecule has 0 unspecified atom stereocenters. The van der Waals surface area contributed by atoms with E-state index in [1.165, 1.54) is 25.7 Å². The number of nitrogens with zero attached hydrogens (tertiary/aromatic N) is 4. The third-order valence-electron chi connectivity index (χ3n) is 3.51. The van der Waals surface area contributed by atoms with Crippen LogP contribution in [0.3, 0.4) is 0 Å².